The van der Waals surface area contributed by atoms with E-state index in [0.717, 1.165) is 12.8 Å². The number of ether oxygens (including phenoxy) is 8. The summed E-state index contributed by atoms with van der Waals surface area (Å²) in [4.78, 5) is 105. The van der Waals surface area contributed by atoms with Crippen molar-refractivity contribution in [3.05, 3.63) is 228 Å². The molecule has 6 aromatic rings. The van der Waals surface area contributed by atoms with E-state index in [-0.39, 0.29) is 61.9 Å². The van der Waals surface area contributed by atoms with Crippen LogP contribution in [-0.4, -0.2) is 121 Å². The number of carbonyl (C=O) groups excluding carboxylic acids is 8. The Morgan fingerprint density at radius 3 is 1.15 bits per heavy atom. The number of amides is 2. The van der Waals surface area contributed by atoms with Crippen molar-refractivity contribution in [1.82, 2.24) is 10.6 Å². The van der Waals surface area contributed by atoms with Gasteiger partial charge in [0.25, 0.3) is 11.8 Å². The predicted octanol–water partition coefficient (Wildman–Crippen LogP) is 9.17. The van der Waals surface area contributed by atoms with Crippen LogP contribution < -0.4 is 20.1 Å². The van der Waals surface area contributed by atoms with Gasteiger partial charge in [-0.1, -0.05) is 97.1 Å². The monoisotopic (exact) mass is 1280 g/mol. The molecule has 4 aliphatic heterocycles. The average Bonchev–Trinajstić information content (AvgIpc) is 0.855. The van der Waals surface area contributed by atoms with E-state index in [2.05, 4.69) is 10.6 Å². The van der Waals surface area contributed by atoms with Crippen LogP contribution in [0.3, 0.4) is 0 Å². The SMILES string of the molecule is O=C1/C=C/COc2cccc(c2)[C@H](NC(=O)c2ccccc2)[C@@H](O)C(=O)OC2CC3CC(CO1)C(OC(=O)c1ccccc1)C(C3)C2.O=C1/C=C/COc2cccc(c2)[C@H](NC(=O)c2ccccc2)[C@@H](O)C(=O)OC2CC3CC(CO1)C(OC(=O)c1ccccc1)C(C3)C2. The van der Waals surface area contributed by atoms with Gasteiger partial charge in [0, 0.05) is 47.0 Å². The molecule has 2 amide bonds. The first-order valence-corrected chi connectivity index (χ1v) is 31.8. The number of hydrogen-bond donors (Lipinski definition) is 4. The van der Waals surface area contributed by atoms with Crippen LogP contribution in [0.2, 0.25) is 0 Å². The first kappa shape index (κ1) is 65.6. The van der Waals surface area contributed by atoms with Crippen LogP contribution in [0.5, 0.6) is 11.5 Å². The molecule has 6 aromatic carbocycles. The van der Waals surface area contributed by atoms with Crippen LogP contribution in [0.15, 0.2) is 194 Å². The van der Waals surface area contributed by atoms with E-state index in [0.29, 0.717) is 83.4 Å². The molecule has 0 radical (unpaired) electrons. The molecule has 0 spiro atoms. The number of aliphatic hydroxyl groups is 2. The van der Waals surface area contributed by atoms with Gasteiger partial charge in [0.05, 0.1) is 36.4 Å². The first-order valence-electron chi connectivity index (χ1n) is 31.8. The van der Waals surface area contributed by atoms with Gasteiger partial charge in [-0.2, -0.15) is 0 Å². The standard InChI is InChI=1S/2C37H37NO9/c2*39-31-15-8-16-44-29-14-7-13-26(20-29)32(38-35(41)24-9-3-1-4-10-24)33(40)37(43)46-30-19-23-17-27(21-30)34(28(18-23)22-45-31)47-36(42)25-11-5-2-6-12-25/h2*1-15,20,23,27-28,30,32-34,40H,16-19,21-22H2,(H,38,41)/b2*15-8+/t2*23?,27?,28?,30?,32-,33+,34?/m00/s1. The Balaban J connectivity index is 0.000000192. The highest BCUT2D eigenvalue weighted by molar-refractivity contribution is 5.96. The smallest absolute Gasteiger partial charge is 0.338 e. The van der Waals surface area contributed by atoms with Gasteiger partial charge < -0.3 is 58.7 Å². The van der Waals surface area contributed by atoms with E-state index >= 15 is 0 Å². The Hall–Kier alpha value is -9.92. The zero-order valence-electron chi connectivity index (χ0n) is 51.5. The van der Waals surface area contributed by atoms with E-state index in [9.17, 15) is 48.6 Å². The van der Waals surface area contributed by atoms with Crippen molar-refractivity contribution in [1.29, 1.82) is 0 Å². The molecule has 20 nitrogen and oxygen atoms in total. The van der Waals surface area contributed by atoms with Crippen molar-refractivity contribution in [2.45, 2.75) is 100 Å². The van der Waals surface area contributed by atoms with E-state index < -0.39 is 96.3 Å². The lowest BCUT2D eigenvalue weighted by atomic mass is 9.65. The lowest BCUT2D eigenvalue weighted by Gasteiger charge is -2.46. The van der Waals surface area contributed by atoms with Gasteiger partial charge in [-0.15, -0.1) is 0 Å². The number of nitrogens with one attached hydrogen (secondary N) is 2. The second kappa shape index (κ2) is 31.1. The van der Waals surface area contributed by atoms with Crippen molar-refractivity contribution < 1.29 is 86.5 Å². The molecule has 14 rings (SSSR count). The molecule has 12 bridgehead atoms. The van der Waals surface area contributed by atoms with Crippen LogP contribution >= 0.6 is 0 Å². The summed E-state index contributed by atoms with van der Waals surface area (Å²) in [7, 11) is 0. The Labute approximate surface area is 543 Å². The molecule has 94 heavy (non-hydrogen) atoms. The number of esters is 6. The summed E-state index contributed by atoms with van der Waals surface area (Å²) in [5.41, 5.74) is 2.39. The summed E-state index contributed by atoms with van der Waals surface area (Å²) in [6, 6.07) is 45.4. The Bertz CT molecular complexity index is 3460. The first-order chi connectivity index (χ1) is 45.7. The summed E-state index contributed by atoms with van der Waals surface area (Å²) in [6.45, 7) is 0.211. The van der Waals surface area contributed by atoms with Gasteiger partial charge in [0.15, 0.2) is 12.2 Å². The number of benzene rings is 6. The van der Waals surface area contributed by atoms with Gasteiger partial charge >= 0.3 is 35.8 Å². The molecule has 4 saturated carbocycles. The third kappa shape index (κ3) is 17.0. The topological polar surface area (TPSA) is 275 Å². The van der Waals surface area contributed by atoms with Gasteiger partial charge in [-0.05, 0) is 159 Å². The molecular formula is C74H74N2O18. The van der Waals surface area contributed by atoms with Crippen LogP contribution in [0.1, 0.15) is 116 Å². The summed E-state index contributed by atoms with van der Waals surface area (Å²) in [5, 5.41) is 28.4. The molecule has 10 unspecified atom stereocenters. The maximum absolute atomic E-state index is 13.6. The zero-order chi connectivity index (χ0) is 65.5. The molecule has 4 fully saturated rings. The van der Waals surface area contributed by atoms with Crippen molar-refractivity contribution in [3.63, 3.8) is 0 Å². The van der Waals surface area contributed by atoms with Crippen molar-refractivity contribution in [2.75, 3.05) is 26.4 Å². The summed E-state index contributed by atoms with van der Waals surface area (Å²) in [6.07, 6.45) is 4.53. The number of carbonyl (C=O) groups is 8. The third-order valence-electron chi connectivity index (χ3n) is 18.1. The van der Waals surface area contributed by atoms with Crippen LogP contribution in [-0.2, 0) is 47.6 Å². The van der Waals surface area contributed by atoms with E-state index in [1.54, 1.807) is 158 Å². The fourth-order valence-electron chi connectivity index (χ4n) is 13.8. The minimum atomic E-state index is -1.73. The lowest BCUT2D eigenvalue weighted by Crippen LogP contribution is -2.49. The molecule has 20 heteroatoms. The highest BCUT2D eigenvalue weighted by Gasteiger charge is 2.49. The molecular weight excluding hydrogens is 1200 g/mol. The lowest BCUT2D eigenvalue weighted by molar-refractivity contribution is -0.169. The van der Waals surface area contributed by atoms with Gasteiger partial charge in [0.1, 0.15) is 49.1 Å². The minimum Gasteiger partial charge on any atom is -0.490 e. The summed E-state index contributed by atoms with van der Waals surface area (Å²) >= 11 is 0. The highest BCUT2D eigenvalue weighted by Crippen LogP contribution is 2.47. The quantitative estimate of drug-likeness (QED) is 0.0816. The minimum absolute atomic E-state index is 0.0385. The summed E-state index contributed by atoms with van der Waals surface area (Å²) < 4.78 is 46.8. The number of hydrogen-bond acceptors (Lipinski definition) is 18. The van der Waals surface area contributed by atoms with Crippen LogP contribution in [0.4, 0.5) is 0 Å². The molecule has 14 atom stereocenters. The number of aliphatic hydroxyl groups excluding tert-OH is 2. The summed E-state index contributed by atoms with van der Waals surface area (Å²) in [5.74, 6) is -4.51. The highest BCUT2D eigenvalue weighted by atomic mass is 16.6. The molecule has 0 aromatic heterocycles. The normalized spacial score (nSPS) is 28.3. The van der Waals surface area contributed by atoms with E-state index in [1.165, 1.54) is 24.3 Å². The molecule has 0 saturated heterocycles. The van der Waals surface area contributed by atoms with Crippen molar-refractivity contribution >= 4 is 47.6 Å². The van der Waals surface area contributed by atoms with Crippen molar-refractivity contribution in [3.8, 4) is 11.5 Å². The predicted molar refractivity (Wildman–Crippen MR) is 338 cm³/mol. The average molecular weight is 1280 g/mol. The molecule has 4 N–H and O–H groups in total. The van der Waals surface area contributed by atoms with Crippen molar-refractivity contribution in [2.24, 2.45) is 35.5 Å². The molecule has 4 heterocycles. The Morgan fingerprint density at radius 2 is 0.766 bits per heavy atom. The molecule has 4 aliphatic carbocycles. The Kier molecular flexibility index (Phi) is 21.7. The number of fused-ring (bicyclic) bond motifs is 16. The van der Waals surface area contributed by atoms with Crippen LogP contribution in [0.25, 0.3) is 0 Å². The Morgan fingerprint density at radius 1 is 0.404 bits per heavy atom. The molecule has 8 aliphatic rings. The van der Waals surface area contributed by atoms with Gasteiger partial charge in [0.2, 0.25) is 0 Å². The maximum atomic E-state index is 13.6. The maximum Gasteiger partial charge on any atom is 0.338 e. The van der Waals surface area contributed by atoms with Gasteiger partial charge in [-0.25, -0.2) is 28.8 Å². The third-order valence-corrected chi connectivity index (χ3v) is 18.1. The fourth-order valence-corrected chi connectivity index (χ4v) is 13.8. The fraction of sp³-hybridized carbons (Fsp3) is 0.351. The largest absolute Gasteiger partial charge is 0.490 e. The molecule has 488 valence electrons. The number of rotatable bonds is 8. The second-order valence-electron chi connectivity index (χ2n) is 24.6. The van der Waals surface area contributed by atoms with Gasteiger partial charge in [-0.3, -0.25) is 9.59 Å². The second-order valence-corrected chi connectivity index (χ2v) is 24.6. The van der Waals surface area contributed by atoms with Crippen LogP contribution in [0, 0.1) is 35.5 Å². The zero-order valence-corrected chi connectivity index (χ0v) is 51.5. The van der Waals surface area contributed by atoms with E-state index in [1.807, 2.05) is 12.1 Å². The van der Waals surface area contributed by atoms with E-state index in [4.69, 9.17) is 37.9 Å².